The van der Waals surface area contributed by atoms with E-state index < -0.39 is 41.6 Å². The van der Waals surface area contributed by atoms with Crippen molar-refractivity contribution < 1.29 is 38.6 Å². The van der Waals surface area contributed by atoms with Gasteiger partial charge in [-0.2, -0.15) is 4.90 Å². The summed E-state index contributed by atoms with van der Waals surface area (Å²) in [4.78, 5) is 65.5. The zero-order chi connectivity index (χ0) is 26.0. The maximum Gasteiger partial charge on any atom is 0.423 e. The number of carbonyl (C=O) groups excluding carboxylic acids is 5. The minimum atomic E-state index is -1.05. The monoisotopic (exact) mass is 619 g/mol. The lowest BCUT2D eigenvalue weighted by molar-refractivity contribution is -0.137. The lowest BCUT2D eigenvalue weighted by Gasteiger charge is -2.42. The van der Waals surface area contributed by atoms with Gasteiger partial charge < -0.3 is 14.6 Å². The summed E-state index contributed by atoms with van der Waals surface area (Å²) in [6.07, 6.45) is 2.26. The highest BCUT2D eigenvalue weighted by Gasteiger charge is 2.58. The number of hydrogen-bond donors (Lipinski definition) is 1. The van der Waals surface area contributed by atoms with Crippen molar-refractivity contribution in [3.05, 3.63) is 55.5 Å². The van der Waals surface area contributed by atoms with Crippen molar-refractivity contribution in [2.75, 3.05) is 14.2 Å². The third kappa shape index (κ3) is 3.43. The Balaban J connectivity index is 1.71. The molecule has 1 saturated heterocycles. The van der Waals surface area contributed by atoms with Gasteiger partial charge in [-0.05, 0) is 68.3 Å². The molecule has 0 bridgehead atoms. The molecule has 4 unspecified atom stereocenters. The van der Waals surface area contributed by atoms with E-state index in [-0.39, 0.29) is 51.5 Å². The van der Waals surface area contributed by atoms with E-state index in [1.54, 1.807) is 12.1 Å². The second-order valence-corrected chi connectivity index (χ2v) is 10.6. The Morgan fingerprint density at radius 1 is 1.08 bits per heavy atom. The van der Waals surface area contributed by atoms with E-state index in [0.717, 1.165) is 7.11 Å². The third-order valence-electron chi connectivity index (χ3n) is 7.29. The van der Waals surface area contributed by atoms with Gasteiger partial charge in [0.2, 0.25) is 11.8 Å². The molecule has 1 N–H and O–H groups in total. The molecule has 0 radical (unpaired) electrons. The molecule has 1 aromatic carbocycles. The van der Waals surface area contributed by atoms with E-state index in [0.29, 0.717) is 20.5 Å². The molecule has 5 rings (SSSR count). The predicted molar refractivity (Wildman–Crippen MR) is 131 cm³/mol. The summed E-state index contributed by atoms with van der Waals surface area (Å²) in [5.41, 5.74) is 1.80. The summed E-state index contributed by atoms with van der Waals surface area (Å²) >= 11 is 6.49. The van der Waals surface area contributed by atoms with Gasteiger partial charge in [0, 0.05) is 23.1 Å². The van der Waals surface area contributed by atoms with E-state index in [9.17, 15) is 29.1 Å². The Labute approximate surface area is 222 Å². The molecule has 3 aliphatic carbocycles. The van der Waals surface area contributed by atoms with Crippen molar-refractivity contribution in [2.45, 2.75) is 18.8 Å². The number of Topliss-reactive ketones (excluding diaryl/α,β-unsaturated/α-hetero) is 1. The number of nitrogens with zero attached hydrogens (tertiary/aromatic N) is 1. The fourth-order valence-electron chi connectivity index (χ4n) is 5.77. The van der Waals surface area contributed by atoms with Gasteiger partial charge in [-0.25, -0.2) is 4.79 Å². The molecule has 4 atom stereocenters. The van der Waals surface area contributed by atoms with Gasteiger partial charge in [0.1, 0.15) is 0 Å². The highest BCUT2D eigenvalue weighted by molar-refractivity contribution is 9.12. The Kier molecular flexibility index (Phi) is 6.03. The number of aromatic hydroxyl groups is 1. The first-order valence-electron chi connectivity index (χ1n) is 11.0. The Morgan fingerprint density at radius 3 is 2.47 bits per heavy atom. The van der Waals surface area contributed by atoms with Crippen LogP contribution in [0.2, 0.25) is 0 Å². The number of rotatable bonds is 2. The molecule has 1 aromatic rings. The molecule has 0 spiro atoms. The first kappa shape index (κ1) is 24.6. The molecule has 11 heteroatoms. The summed E-state index contributed by atoms with van der Waals surface area (Å²) in [5, 5.41) is 10.3. The van der Waals surface area contributed by atoms with Crippen LogP contribution in [0, 0.1) is 17.8 Å². The average molecular weight is 621 g/mol. The molecule has 186 valence electrons. The zero-order valence-corrected chi connectivity index (χ0v) is 22.2. The molecule has 1 heterocycles. The summed E-state index contributed by atoms with van der Waals surface area (Å²) in [5.74, 6) is -4.99. The van der Waals surface area contributed by atoms with Crippen LogP contribution in [-0.4, -0.2) is 53.7 Å². The van der Waals surface area contributed by atoms with Crippen molar-refractivity contribution in [2.24, 2.45) is 17.8 Å². The number of halogens is 2. The largest absolute Gasteiger partial charge is 0.503 e. The number of ether oxygens (including phenoxy) is 2. The molecule has 9 nitrogen and oxygen atoms in total. The lowest BCUT2D eigenvalue weighted by Crippen LogP contribution is -2.40. The van der Waals surface area contributed by atoms with Crippen LogP contribution >= 0.6 is 31.9 Å². The van der Waals surface area contributed by atoms with Crippen LogP contribution in [0.15, 0.2) is 50.0 Å². The molecule has 1 aliphatic heterocycles. The summed E-state index contributed by atoms with van der Waals surface area (Å²) in [6, 6.07) is 3.22. The van der Waals surface area contributed by atoms with Gasteiger partial charge in [-0.3, -0.25) is 19.2 Å². The molecular weight excluding hydrogens is 602 g/mol. The van der Waals surface area contributed by atoms with Gasteiger partial charge in [-0.1, -0.05) is 11.6 Å². The van der Waals surface area contributed by atoms with E-state index in [4.69, 9.17) is 4.74 Å². The molecule has 1 fully saturated rings. The van der Waals surface area contributed by atoms with Crippen LogP contribution in [-0.2, 0) is 23.9 Å². The number of hydrogen-bond acceptors (Lipinski definition) is 8. The predicted octanol–water partition coefficient (Wildman–Crippen LogP) is 3.69. The third-order valence-corrected chi connectivity index (χ3v) is 8.49. The van der Waals surface area contributed by atoms with Crippen molar-refractivity contribution in [1.29, 1.82) is 0 Å². The molecule has 3 amide bonds. The average Bonchev–Trinajstić information content (AvgIpc) is 3.12. The Bertz CT molecular complexity index is 1370. The molecule has 0 saturated carbocycles. The number of fused-ring (bicyclic) bond motifs is 3. The molecular formula is C25H19Br2NO8. The van der Waals surface area contributed by atoms with Crippen LogP contribution in [0.4, 0.5) is 4.79 Å². The molecule has 36 heavy (non-hydrogen) atoms. The number of carbonyl (C=O) groups is 5. The van der Waals surface area contributed by atoms with Gasteiger partial charge >= 0.3 is 6.09 Å². The number of imide groups is 3. The topological polar surface area (TPSA) is 127 Å². The first-order valence-corrected chi connectivity index (χ1v) is 12.6. The minimum Gasteiger partial charge on any atom is -0.503 e. The smallest absolute Gasteiger partial charge is 0.423 e. The SMILES string of the molecule is COC(=O)N1C(=O)C2CC=C3C(c4cc(Br)c(O)c(OC)c4)C4=C(CC3C2C1=O)C(=O)C(Br)=CC4=O. The van der Waals surface area contributed by atoms with E-state index in [2.05, 4.69) is 36.6 Å². The molecule has 4 aliphatic rings. The van der Waals surface area contributed by atoms with Crippen LogP contribution in [0.1, 0.15) is 24.3 Å². The van der Waals surface area contributed by atoms with Crippen LogP contribution in [0.25, 0.3) is 0 Å². The summed E-state index contributed by atoms with van der Waals surface area (Å²) in [6.45, 7) is 0. The first-order chi connectivity index (χ1) is 17.1. The Hall–Kier alpha value is -3.05. The fraction of sp³-hybridized carbons (Fsp3) is 0.320. The number of phenols is 1. The second kappa shape index (κ2) is 8.81. The summed E-state index contributed by atoms with van der Waals surface area (Å²) in [7, 11) is 2.48. The maximum absolute atomic E-state index is 13.3. The minimum absolute atomic E-state index is 0.0662. The highest BCUT2D eigenvalue weighted by Crippen LogP contribution is 2.56. The molecule has 0 aromatic heterocycles. The second-order valence-electron chi connectivity index (χ2n) is 8.93. The normalized spacial score (nSPS) is 27.3. The number of likely N-dealkylation sites (tertiary alicyclic amines) is 1. The number of amides is 3. The van der Waals surface area contributed by atoms with Gasteiger partial charge in [0.25, 0.3) is 0 Å². The van der Waals surface area contributed by atoms with Crippen LogP contribution < -0.4 is 4.74 Å². The van der Waals surface area contributed by atoms with E-state index in [1.165, 1.54) is 13.2 Å². The number of ketones is 2. The Morgan fingerprint density at radius 2 is 1.81 bits per heavy atom. The zero-order valence-electron chi connectivity index (χ0n) is 19.0. The van der Waals surface area contributed by atoms with Crippen molar-refractivity contribution in [1.82, 2.24) is 4.90 Å². The van der Waals surface area contributed by atoms with E-state index in [1.807, 2.05) is 6.08 Å². The van der Waals surface area contributed by atoms with Gasteiger partial charge in [0.15, 0.2) is 23.1 Å². The van der Waals surface area contributed by atoms with Crippen molar-refractivity contribution >= 4 is 61.3 Å². The van der Waals surface area contributed by atoms with Crippen LogP contribution in [0.5, 0.6) is 11.5 Å². The number of benzene rings is 1. The van der Waals surface area contributed by atoms with E-state index >= 15 is 0 Å². The van der Waals surface area contributed by atoms with Gasteiger partial charge in [0.05, 0.1) is 35.0 Å². The number of phenolic OH excluding ortho intramolecular Hbond substituents is 1. The van der Waals surface area contributed by atoms with Crippen molar-refractivity contribution in [3.63, 3.8) is 0 Å². The van der Waals surface area contributed by atoms with Crippen molar-refractivity contribution in [3.8, 4) is 11.5 Å². The lowest BCUT2D eigenvalue weighted by atomic mass is 9.59. The van der Waals surface area contributed by atoms with Gasteiger partial charge in [-0.15, -0.1) is 0 Å². The standard InChI is InChI=1S/C25H19Br2NO8/c1-35-17-6-9(5-14(26)22(17)31)18-10-3-4-11-19(24(33)28(23(11)32)25(34)36-2)12(10)7-13-20(18)16(29)8-15(27)21(13)30/h3,5-6,8,11-12,18-19,31H,4,7H2,1-2H3. The number of allylic oxidation sites excluding steroid dienone is 6. The quantitative estimate of drug-likeness (QED) is 0.301. The fourth-order valence-corrected chi connectivity index (χ4v) is 6.68. The highest BCUT2D eigenvalue weighted by atomic mass is 79.9. The number of methoxy groups -OCH3 is 2. The maximum atomic E-state index is 13.3. The van der Waals surface area contributed by atoms with Crippen LogP contribution in [0.3, 0.4) is 0 Å². The summed E-state index contributed by atoms with van der Waals surface area (Å²) < 4.78 is 10.4.